The number of benzene rings is 2. The maximum Gasteiger partial charge on any atom is 0.310 e. The molecule has 0 amide bonds. The largest absolute Gasteiger partial charge is 0.494 e. The van der Waals surface area contributed by atoms with Gasteiger partial charge >= 0.3 is 10.2 Å². The summed E-state index contributed by atoms with van der Waals surface area (Å²) in [5.41, 5.74) is 0.774. The van der Waals surface area contributed by atoms with Crippen LogP contribution in [0.15, 0.2) is 53.4 Å². The standard InChI is InChI=1S/C16H17F5O2S/c1-2-11-22-14-5-3-13(4-6-14)12-23-15-7-9-16(10-8-15)24(17,18,19,20)21/h3-10H,2,11-12H2,1H3. The van der Waals surface area contributed by atoms with E-state index >= 15 is 0 Å². The molecular formula is C16H17F5O2S. The van der Waals surface area contributed by atoms with Crippen LogP contribution < -0.4 is 9.47 Å². The Morgan fingerprint density at radius 1 is 0.750 bits per heavy atom. The van der Waals surface area contributed by atoms with E-state index in [1.165, 1.54) is 0 Å². The molecule has 0 fully saturated rings. The average Bonchev–Trinajstić information content (AvgIpc) is 2.50. The number of hydrogen-bond donors (Lipinski definition) is 0. The summed E-state index contributed by atoms with van der Waals surface area (Å²) in [6.45, 7) is 2.70. The quantitative estimate of drug-likeness (QED) is 0.506. The molecule has 0 unspecified atom stereocenters. The number of ether oxygens (including phenoxy) is 2. The lowest BCUT2D eigenvalue weighted by atomic mass is 10.2. The molecule has 134 valence electrons. The molecule has 0 aromatic heterocycles. The van der Waals surface area contributed by atoms with Gasteiger partial charge < -0.3 is 9.47 Å². The molecule has 0 aliphatic rings. The Labute approximate surface area is 136 Å². The van der Waals surface area contributed by atoms with Gasteiger partial charge in [0.15, 0.2) is 0 Å². The van der Waals surface area contributed by atoms with Gasteiger partial charge in [-0.3, -0.25) is 0 Å². The molecular weight excluding hydrogens is 351 g/mol. The molecule has 0 atom stereocenters. The fourth-order valence-electron chi connectivity index (χ4n) is 1.86. The third-order valence-electron chi connectivity index (χ3n) is 3.07. The lowest BCUT2D eigenvalue weighted by Gasteiger charge is -2.40. The molecule has 0 radical (unpaired) electrons. The van der Waals surface area contributed by atoms with Gasteiger partial charge in [0.05, 0.1) is 6.61 Å². The van der Waals surface area contributed by atoms with Gasteiger partial charge in [-0.15, -0.1) is 0 Å². The maximum absolute atomic E-state index is 12.6. The summed E-state index contributed by atoms with van der Waals surface area (Å²) in [6, 6.07) is 9.45. The molecule has 0 spiro atoms. The van der Waals surface area contributed by atoms with Crippen molar-refractivity contribution in [2.45, 2.75) is 24.8 Å². The smallest absolute Gasteiger partial charge is 0.310 e. The normalized spacial score (nSPS) is 14.6. The van der Waals surface area contributed by atoms with Crippen molar-refractivity contribution < 1.29 is 28.9 Å². The van der Waals surface area contributed by atoms with E-state index in [9.17, 15) is 19.4 Å². The van der Waals surface area contributed by atoms with Crippen LogP contribution in [0.25, 0.3) is 0 Å². The Kier molecular flexibility index (Phi) is 4.47. The van der Waals surface area contributed by atoms with E-state index in [-0.39, 0.29) is 12.4 Å². The maximum atomic E-state index is 12.6. The minimum atomic E-state index is -9.64. The number of halogens is 5. The SMILES string of the molecule is CCCOc1ccc(COc2ccc(S(F)(F)(F)(F)F)cc2)cc1. The van der Waals surface area contributed by atoms with Crippen LogP contribution in [0.1, 0.15) is 18.9 Å². The van der Waals surface area contributed by atoms with Crippen molar-refractivity contribution in [3.63, 3.8) is 0 Å². The zero-order valence-electron chi connectivity index (χ0n) is 12.9. The Morgan fingerprint density at radius 3 is 1.75 bits per heavy atom. The van der Waals surface area contributed by atoms with Gasteiger partial charge in [-0.05, 0) is 48.4 Å². The summed E-state index contributed by atoms with van der Waals surface area (Å²) in [6.07, 6.45) is 0.889. The monoisotopic (exact) mass is 368 g/mol. The molecule has 0 bridgehead atoms. The lowest BCUT2D eigenvalue weighted by Crippen LogP contribution is -2.05. The topological polar surface area (TPSA) is 18.5 Å². The van der Waals surface area contributed by atoms with E-state index in [0.29, 0.717) is 24.5 Å². The summed E-state index contributed by atoms with van der Waals surface area (Å²) in [7, 11) is -9.64. The van der Waals surface area contributed by atoms with Crippen molar-refractivity contribution in [1.82, 2.24) is 0 Å². The van der Waals surface area contributed by atoms with Crippen LogP contribution in [0.2, 0.25) is 0 Å². The fourth-order valence-corrected chi connectivity index (χ4v) is 2.51. The van der Waals surface area contributed by atoms with Crippen LogP contribution in [0.3, 0.4) is 0 Å². The van der Waals surface area contributed by atoms with Gasteiger partial charge in [0, 0.05) is 0 Å². The average molecular weight is 368 g/mol. The van der Waals surface area contributed by atoms with Crippen LogP contribution in [-0.4, -0.2) is 6.61 Å². The van der Waals surface area contributed by atoms with Gasteiger partial charge in [-0.1, -0.05) is 38.5 Å². The summed E-state index contributed by atoms with van der Waals surface area (Å²) < 4.78 is 73.7. The lowest BCUT2D eigenvalue weighted by molar-refractivity contribution is 0.303. The molecule has 2 rings (SSSR count). The van der Waals surface area contributed by atoms with Gasteiger partial charge in [0.1, 0.15) is 23.0 Å². The zero-order valence-corrected chi connectivity index (χ0v) is 13.7. The molecule has 0 saturated heterocycles. The summed E-state index contributed by atoms with van der Waals surface area (Å²) >= 11 is 0. The first-order valence-corrected chi connectivity index (χ1v) is 9.12. The Morgan fingerprint density at radius 2 is 1.25 bits per heavy atom. The minimum Gasteiger partial charge on any atom is -0.494 e. The first kappa shape index (κ1) is 18.4. The molecule has 8 heteroatoms. The second-order valence-electron chi connectivity index (χ2n) is 5.22. The molecule has 0 aliphatic heterocycles. The van der Waals surface area contributed by atoms with Crippen LogP contribution in [0, 0.1) is 0 Å². The number of hydrogen-bond acceptors (Lipinski definition) is 2. The molecule has 24 heavy (non-hydrogen) atoms. The highest BCUT2D eigenvalue weighted by atomic mass is 32.5. The van der Waals surface area contributed by atoms with Gasteiger partial charge in [0.25, 0.3) is 0 Å². The molecule has 0 heterocycles. The number of rotatable bonds is 7. The Hall–Kier alpha value is -1.96. The van der Waals surface area contributed by atoms with E-state index < -0.39 is 15.1 Å². The predicted octanol–water partition coefficient (Wildman–Crippen LogP) is 6.71. The van der Waals surface area contributed by atoms with Crippen molar-refractivity contribution in [3.05, 3.63) is 54.1 Å². The van der Waals surface area contributed by atoms with Crippen molar-refractivity contribution in [1.29, 1.82) is 0 Å². The van der Waals surface area contributed by atoms with E-state index in [0.717, 1.165) is 24.1 Å². The molecule has 0 aliphatic carbocycles. The minimum absolute atomic E-state index is 0.0758. The first-order chi connectivity index (χ1) is 11.0. The molecule has 0 saturated carbocycles. The molecule has 0 N–H and O–H groups in total. The van der Waals surface area contributed by atoms with Crippen molar-refractivity contribution in [3.8, 4) is 11.5 Å². The molecule has 2 aromatic carbocycles. The third-order valence-corrected chi connectivity index (χ3v) is 4.23. The Balaban J connectivity index is 1.98. The first-order valence-electron chi connectivity index (χ1n) is 7.16. The summed E-state index contributed by atoms with van der Waals surface area (Å²) in [5.74, 6) is 0.785. The summed E-state index contributed by atoms with van der Waals surface area (Å²) in [5, 5.41) is 0. The highest BCUT2D eigenvalue weighted by Crippen LogP contribution is 3.02. The van der Waals surface area contributed by atoms with Crippen molar-refractivity contribution >= 4 is 10.2 Å². The van der Waals surface area contributed by atoms with Gasteiger partial charge in [-0.2, -0.15) is 0 Å². The van der Waals surface area contributed by atoms with E-state index in [1.807, 2.05) is 6.92 Å². The van der Waals surface area contributed by atoms with Crippen molar-refractivity contribution in [2.24, 2.45) is 0 Å². The highest BCUT2D eigenvalue weighted by Gasteiger charge is 2.65. The second-order valence-corrected chi connectivity index (χ2v) is 7.63. The van der Waals surface area contributed by atoms with Gasteiger partial charge in [0.2, 0.25) is 0 Å². The summed E-state index contributed by atoms with van der Waals surface area (Å²) in [4.78, 5) is -1.93. The molecule has 2 aromatic rings. The van der Waals surface area contributed by atoms with Crippen LogP contribution in [0.4, 0.5) is 19.4 Å². The van der Waals surface area contributed by atoms with E-state index in [4.69, 9.17) is 9.47 Å². The van der Waals surface area contributed by atoms with Crippen LogP contribution >= 0.6 is 10.2 Å². The highest BCUT2D eigenvalue weighted by molar-refractivity contribution is 8.45. The van der Waals surface area contributed by atoms with Crippen LogP contribution in [0.5, 0.6) is 11.5 Å². The van der Waals surface area contributed by atoms with E-state index in [1.54, 1.807) is 24.3 Å². The fraction of sp³-hybridized carbons (Fsp3) is 0.250. The third kappa shape index (κ3) is 5.30. The van der Waals surface area contributed by atoms with Gasteiger partial charge in [-0.25, -0.2) is 0 Å². The van der Waals surface area contributed by atoms with Crippen molar-refractivity contribution in [2.75, 3.05) is 6.61 Å². The van der Waals surface area contributed by atoms with E-state index in [2.05, 4.69) is 0 Å². The molecule has 2 nitrogen and oxygen atoms in total. The van der Waals surface area contributed by atoms with Crippen LogP contribution in [-0.2, 0) is 6.61 Å². The predicted molar refractivity (Wildman–Crippen MR) is 84.4 cm³/mol. The Bertz CT molecular complexity index is 681. The zero-order chi connectivity index (χ0) is 17.9. The second kappa shape index (κ2) is 5.84.